The van der Waals surface area contributed by atoms with E-state index in [4.69, 9.17) is 11.3 Å². The summed E-state index contributed by atoms with van der Waals surface area (Å²) >= 11 is 5.50. The largest absolute Gasteiger partial charge is 0.385 e. The molecule has 140 valence electrons. The van der Waals surface area contributed by atoms with E-state index in [0.717, 1.165) is 28.0 Å². The molecule has 3 rings (SSSR count). The van der Waals surface area contributed by atoms with Crippen molar-refractivity contribution in [2.45, 2.75) is 25.7 Å². The summed E-state index contributed by atoms with van der Waals surface area (Å²) in [5.41, 5.74) is 3.93. The van der Waals surface area contributed by atoms with Gasteiger partial charge in [-0.05, 0) is 50.6 Å². The number of nitrogens with zero attached hydrogens (tertiary/aromatic N) is 1. The fourth-order valence-electron chi connectivity index (χ4n) is 1.95. The average Bonchev–Trinajstić information content (AvgIpc) is 2.92. The topological polar surface area (TPSA) is 81.1 Å². The lowest BCUT2D eigenvalue weighted by atomic mass is 10.2. The molecule has 26 heavy (non-hydrogen) atoms. The van der Waals surface area contributed by atoms with Gasteiger partial charge in [-0.15, -0.1) is 12.6 Å². The van der Waals surface area contributed by atoms with E-state index in [2.05, 4.69) is 43.3 Å². The molecule has 0 saturated carbocycles. The van der Waals surface area contributed by atoms with E-state index in [1.54, 1.807) is 25.3 Å². The summed E-state index contributed by atoms with van der Waals surface area (Å²) in [6, 6.07) is 11.4. The van der Waals surface area contributed by atoms with Crippen LogP contribution in [0, 0.1) is 19.3 Å². The second kappa shape index (κ2) is 10.8. The second-order valence-corrected chi connectivity index (χ2v) is 7.00. The summed E-state index contributed by atoms with van der Waals surface area (Å²) in [6.07, 6.45) is 0.781. The highest BCUT2D eigenvalue weighted by Crippen LogP contribution is 2.16. The summed E-state index contributed by atoms with van der Waals surface area (Å²) in [7, 11) is 1.68. The molecule has 1 aromatic heterocycles. The molecule has 0 spiro atoms. The molecule has 0 bridgehead atoms. The first-order valence-corrected chi connectivity index (χ1v) is 9.26. The molecule has 0 radical (unpaired) electrons. The summed E-state index contributed by atoms with van der Waals surface area (Å²) in [4.78, 5) is 11.8. The number of aldehydes is 1. The van der Waals surface area contributed by atoms with Gasteiger partial charge in [-0.25, -0.2) is 4.68 Å². The van der Waals surface area contributed by atoms with E-state index in [0.29, 0.717) is 5.56 Å². The second-order valence-electron chi connectivity index (χ2n) is 5.49. The van der Waals surface area contributed by atoms with Crippen molar-refractivity contribution < 1.29 is 9.53 Å². The molecule has 0 aliphatic carbocycles. The smallest absolute Gasteiger partial charge is 0.201 e. The maximum Gasteiger partial charge on any atom is 0.201 e. The lowest BCUT2D eigenvalue weighted by Gasteiger charge is -1.97. The van der Waals surface area contributed by atoms with E-state index >= 15 is 0 Å². The number of nitrogens with two attached hydrogens (primary N) is 1. The Morgan fingerprint density at radius 1 is 1.27 bits per heavy atom. The Morgan fingerprint density at radius 3 is 2.42 bits per heavy atom. The lowest BCUT2D eigenvalue weighted by Crippen LogP contribution is -2.20. The van der Waals surface area contributed by atoms with Crippen LogP contribution in [0.25, 0.3) is 10.2 Å². The van der Waals surface area contributed by atoms with Gasteiger partial charge in [0.05, 0.1) is 10.2 Å². The molecule has 0 saturated heterocycles. The van der Waals surface area contributed by atoms with E-state index in [1.807, 2.05) is 13.0 Å². The van der Waals surface area contributed by atoms with Gasteiger partial charge in [-0.1, -0.05) is 29.0 Å². The number of benzene rings is 2. The van der Waals surface area contributed by atoms with E-state index < -0.39 is 0 Å². The number of hydrogen-bond donors (Lipinski definition) is 3. The maximum atomic E-state index is 10.5. The molecule has 2 aromatic carbocycles. The van der Waals surface area contributed by atoms with Gasteiger partial charge >= 0.3 is 0 Å². The van der Waals surface area contributed by atoms with Gasteiger partial charge in [0.1, 0.15) is 6.29 Å². The third-order valence-corrected chi connectivity index (χ3v) is 4.88. The maximum absolute atomic E-state index is 10.5. The highest BCUT2D eigenvalue weighted by Gasteiger charge is 2.02. The third kappa shape index (κ3) is 6.33. The average molecular weight is 392 g/mol. The summed E-state index contributed by atoms with van der Waals surface area (Å²) in [5, 5.41) is 7.44. The lowest BCUT2D eigenvalue weighted by molar-refractivity contribution is 0.112. The number of hydrogen-bond acceptors (Lipinski definition) is 6. The molecule has 0 amide bonds. The van der Waals surface area contributed by atoms with Crippen molar-refractivity contribution >= 4 is 40.5 Å². The SMILES string of the molecule is CCOC.Cc1ccc(S)c(C)c1.N=c1sc2cc(C=O)ccc2n1N. The minimum atomic E-state index is 0.276. The van der Waals surface area contributed by atoms with Gasteiger partial charge in [0, 0.05) is 24.2 Å². The molecule has 3 aromatic rings. The number of nitrogens with one attached hydrogen (secondary N) is 1. The Balaban J connectivity index is 0.000000227. The number of nitrogen functional groups attached to an aromatic ring is 1. The normalized spacial score (nSPS) is 9.73. The number of thiol groups is 1. The molecule has 3 N–H and O–H groups in total. The van der Waals surface area contributed by atoms with Gasteiger partial charge in [-0.3, -0.25) is 10.2 Å². The fourth-order valence-corrected chi connectivity index (χ4v) is 2.96. The Labute approximate surface area is 163 Å². The van der Waals surface area contributed by atoms with Gasteiger partial charge in [0.15, 0.2) is 0 Å². The Hall–Kier alpha value is -2.09. The van der Waals surface area contributed by atoms with Crippen LogP contribution in [0.3, 0.4) is 0 Å². The van der Waals surface area contributed by atoms with Crippen molar-refractivity contribution in [1.29, 1.82) is 5.41 Å². The highest BCUT2D eigenvalue weighted by molar-refractivity contribution is 7.80. The first kappa shape index (κ1) is 22.0. The predicted octanol–water partition coefficient (Wildman–Crippen LogP) is 3.95. The van der Waals surface area contributed by atoms with Gasteiger partial charge in [0.25, 0.3) is 0 Å². The monoisotopic (exact) mass is 391 g/mol. The molecule has 0 fully saturated rings. The molecular formula is C19H25N3O2S2. The minimum Gasteiger partial charge on any atom is -0.385 e. The van der Waals surface area contributed by atoms with Crippen LogP contribution in [0.4, 0.5) is 0 Å². The van der Waals surface area contributed by atoms with Crippen molar-refractivity contribution in [3.8, 4) is 0 Å². The molecular weight excluding hydrogens is 366 g/mol. The summed E-state index contributed by atoms with van der Waals surface area (Å²) < 4.78 is 6.70. The number of rotatable bonds is 2. The summed E-state index contributed by atoms with van der Waals surface area (Å²) in [6.45, 7) is 6.93. The van der Waals surface area contributed by atoms with Gasteiger partial charge < -0.3 is 10.6 Å². The fraction of sp³-hybridized carbons (Fsp3) is 0.263. The van der Waals surface area contributed by atoms with E-state index in [1.165, 1.54) is 27.1 Å². The molecule has 1 heterocycles. The van der Waals surface area contributed by atoms with Gasteiger partial charge in [0.2, 0.25) is 4.80 Å². The third-order valence-electron chi connectivity index (χ3n) is 3.45. The zero-order valence-corrected chi connectivity index (χ0v) is 17.2. The number of aromatic nitrogens is 1. The highest BCUT2D eigenvalue weighted by atomic mass is 32.1. The van der Waals surface area contributed by atoms with Crippen molar-refractivity contribution in [3.05, 3.63) is 57.9 Å². The quantitative estimate of drug-likeness (QED) is 0.351. The minimum absolute atomic E-state index is 0.276. The molecule has 0 aliphatic heterocycles. The van der Waals surface area contributed by atoms with Crippen LogP contribution in [0.5, 0.6) is 0 Å². The zero-order chi connectivity index (χ0) is 19.7. The standard InChI is InChI=1S/C8H7N3OS.C8H10S.C3H8O/c9-8-11(10)6-2-1-5(4-12)3-7(6)13-8;1-6-3-4-8(9)7(2)5-6;1-3-4-2/h1-4,9H,10H2;3-5,9H,1-2H3;3H2,1-2H3. The summed E-state index contributed by atoms with van der Waals surface area (Å²) in [5.74, 6) is 5.58. The number of ether oxygens (including phenoxy) is 1. The van der Waals surface area contributed by atoms with Crippen molar-refractivity contribution in [3.63, 3.8) is 0 Å². The van der Waals surface area contributed by atoms with Crippen LogP contribution in [0.1, 0.15) is 28.4 Å². The molecule has 0 aliphatic rings. The van der Waals surface area contributed by atoms with Crippen LogP contribution in [0.15, 0.2) is 41.3 Å². The zero-order valence-electron chi connectivity index (χ0n) is 15.4. The van der Waals surface area contributed by atoms with E-state index in [-0.39, 0.29) is 4.80 Å². The molecule has 5 nitrogen and oxygen atoms in total. The first-order valence-electron chi connectivity index (χ1n) is 7.99. The Bertz CT molecular complexity index is 915. The van der Waals surface area contributed by atoms with E-state index in [9.17, 15) is 4.79 Å². The predicted molar refractivity (Wildman–Crippen MR) is 112 cm³/mol. The number of carbonyl (C=O) groups is 1. The van der Waals surface area contributed by atoms with Crippen molar-refractivity contribution in [2.75, 3.05) is 19.6 Å². The van der Waals surface area contributed by atoms with Crippen LogP contribution >= 0.6 is 24.0 Å². The molecule has 0 atom stereocenters. The van der Waals surface area contributed by atoms with Crippen LogP contribution in [0.2, 0.25) is 0 Å². The number of aryl methyl sites for hydroxylation is 2. The van der Waals surface area contributed by atoms with Crippen molar-refractivity contribution in [1.82, 2.24) is 4.68 Å². The molecule has 7 heteroatoms. The molecule has 0 unspecified atom stereocenters. The number of thiazole rings is 1. The Morgan fingerprint density at radius 2 is 1.92 bits per heavy atom. The number of fused-ring (bicyclic) bond motifs is 1. The van der Waals surface area contributed by atoms with Gasteiger partial charge in [-0.2, -0.15) is 0 Å². The first-order chi connectivity index (χ1) is 12.3. The number of carbonyl (C=O) groups excluding carboxylic acids is 1. The Kier molecular flexibility index (Phi) is 9.12. The van der Waals surface area contributed by atoms with Crippen molar-refractivity contribution in [2.24, 2.45) is 0 Å². The van der Waals surface area contributed by atoms with Crippen LogP contribution in [-0.4, -0.2) is 24.7 Å². The number of methoxy groups -OCH3 is 1. The van der Waals surface area contributed by atoms with Crippen LogP contribution < -0.4 is 10.6 Å². The van der Waals surface area contributed by atoms with Crippen LogP contribution in [-0.2, 0) is 4.74 Å².